The van der Waals surface area contributed by atoms with E-state index in [0.29, 0.717) is 6.04 Å². The van der Waals surface area contributed by atoms with Crippen LogP contribution in [0.25, 0.3) is 0 Å². The standard InChI is InChI=1S/C12H18N2O/c1-9(2)15-12-6-4-3-5-11(12)14-8-10(14)7-13/h3-6,9-10H,7-8,13H2,1-2H3. The molecule has 0 radical (unpaired) electrons. The average Bonchev–Trinajstić information content (AvgIpc) is 2.97. The van der Waals surface area contributed by atoms with Crippen LogP contribution in [-0.4, -0.2) is 25.2 Å². The molecule has 0 amide bonds. The molecule has 1 atom stereocenters. The number of para-hydroxylation sites is 2. The normalized spacial score (nSPS) is 19.5. The van der Waals surface area contributed by atoms with Crippen molar-refractivity contribution in [1.82, 2.24) is 0 Å². The Morgan fingerprint density at radius 1 is 1.47 bits per heavy atom. The van der Waals surface area contributed by atoms with Crippen molar-refractivity contribution in [2.75, 3.05) is 18.0 Å². The van der Waals surface area contributed by atoms with E-state index in [9.17, 15) is 0 Å². The number of anilines is 1. The van der Waals surface area contributed by atoms with E-state index in [0.717, 1.165) is 18.8 Å². The molecule has 1 unspecified atom stereocenters. The molecule has 0 bridgehead atoms. The highest BCUT2D eigenvalue weighted by Gasteiger charge is 2.34. The second kappa shape index (κ2) is 4.11. The molecule has 82 valence electrons. The van der Waals surface area contributed by atoms with Crippen LogP contribution in [0.3, 0.4) is 0 Å². The van der Waals surface area contributed by atoms with Crippen LogP contribution >= 0.6 is 0 Å². The molecular weight excluding hydrogens is 188 g/mol. The first-order chi connectivity index (χ1) is 7.22. The van der Waals surface area contributed by atoms with Gasteiger partial charge in [-0.25, -0.2) is 0 Å². The summed E-state index contributed by atoms with van der Waals surface area (Å²) in [6.07, 6.45) is 0.211. The highest BCUT2D eigenvalue weighted by atomic mass is 16.5. The third kappa shape index (κ3) is 2.23. The Hall–Kier alpha value is -1.22. The smallest absolute Gasteiger partial charge is 0.142 e. The van der Waals surface area contributed by atoms with Gasteiger partial charge < -0.3 is 15.4 Å². The third-order valence-corrected chi connectivity index (χ3v) is 2.52. The van der Waals surface area contributed by atoms with Gasteiger partial charge in [0, 0.05) is 13.1 Å². The van der Waals surface area contributed by atoms with E-state index in [1.54, 1.807) is 0 Å². The summed E-state index contributed by atoms with van der Waals surface area (Å²) in [6.45, 7) is 5.85. The predicted octanol–water partition coefficient (Wildman–Crippen LogP) is 1.62. The number of ether oxygens (including phenoxy) is 1. The molecule has 0 saturated carbocycles. The molecule has 1 aliphatic heterocycles. The van der Waals surface area contributed by atoms with Gasteiger partial charge in [0.1, 0.15) is 5.75 Å². The largest absolute Gasteiger partial charge is 0.489 e. The van der Waals surface area contributed by atoms with Gasteiger partial charge in [-0.15, -0.1) is 0 Å². The summed E-state index contributed by atoms with van der Waals surface area (Å²) >= 11 is 0. The van der Waals surface area contributed by atoms with Crippen LogP contribution in [0.1, 0.15) is 13.8 Å². The Morgan fingerprint density at radius 3 is 2.80 bits per heavy atom. The van der Waals surface area contributed by atoms with Gasteiger partial charge in [-0.05, 0) is 26.0 Å². The Morgan fingerprint density at radius 2 is 2.20 bits per heavy atom. The molecule has 3 heteroatoms. The highest BCUT2D eigenvalue weighted by Crippen LogP contribution is 2.35. The molecule has 1 saturated heterocycles. The van der Waals surface area contributed by atoms with E-state index < -0.39 is 0 Å². The molecule has 0 spiro atoms. The zero-order valence-corrected chi connectivity index (χ0v) is 9.31. The summed E-state index contributed by atoms with van der Waals surface area (Å²) in [5, 5.41) is 0. The number of hydrogen-bond acceptors (Lipinski definition) is 3. The molecular formula is C12H18N2O. The average molecular weight is 206 g/mol. The fraction of sp³-hybridized carbons (Fsp3) is 0.500. The van der Waals surface area contributed by atoms with Crippen LogP contribution in [0.4, 0.5) is 5.69 Å². The fourth-order valence-electron chi connectivity index (χ4n) is 1.72. The number of nitrogens with two attached hydrogens (primary N) is 1. The molecule has 3 nitrogen and oxygen atoms in total. The van der Waals surface area contributed by atoms with Crippen LogP contribution < -0.4 is 15.4 Å². The van der Waals surface area contributed by atoms with Crippen LogP contribution in [0.15, 0.2) is 24.3 Å². The zero-order chi connectivity index (χ0) is 10.8. The Labute approximate surface area is 90.8 Å². The maximum Gasteiger partial charge on any atom is 0.142 e. The molecule has 1 heterocycles. The summed E-state index contributed by atoms with van der Waals surface area (Å²) in [4.78, 5) is 2.28. The summed E-state index contributed by atoms with van der Waals surface area (Å²) in [7, 11) is 0. The van der Waals surface area contributed by atoms with E-state index in [4.69, 9.17) is 10.5 Å². The molecule has 0 aliphatic carbocycles. The van der Waals surface area contributed by atoms with Crippen molar-refractivity contribution in [2.45, 2.75) is 26.0 Å². The molecule has 1 aliphatic rings. The first kappa shape index (κ1) is 10.3. The third-order valence-electron chi connectivity index (χ3n) is 2.52. The van der Waals surface area contributed by atoms with E-state index in [2.05, 4.69) is 11.0 Å². The van der Waals surface area contributed by atoms with Gasteiger partial charge in [0.25, 0.3) is 0 Å². The highest BCUT2D eigenvalue weighted by molar-refractivity contribution is 5.63. The molecule has 2 rings (SSSR count). The van der Waals surface area contributed by atoms with Gasteiger partial charge in [0.2, 0.25) is 0 Å². The second-order valence-electron chi connectivity index (χ2n) is 4.18. The van der Waals surface area contributed by atoms with Crippen molar-refractivity contribution < 1.29 is 4.74 Å². The lowest BCUT2D eigenvalue weighted by atomic mass is 10.3. The number of benzene rings is 1. The van der Waals surface area contributed by atoms with E-state index >= 15 is 0 Å². The molecule has 15 heavy (non-hydrogen) atoms. The Balaban J connectivity index is 2.16. The van der Waals surface area contributed by atoms with Crippen molar-refractivity contribution >= 4 is 5.69 Å². The molecule has 0 aromatic heterocycles. The minimum Gasteiger partial charge on any atom is -0.489 e. The van der Waals surface area contributed by atoms with E-state index in [1.807, 2.05) is 32.0 Å². The van der Waals surface area contributed by atoms with Crippen LogP contribution in [0, 0.1) is 0 Å². The van der Waals surface area contributed by atoms with Gasteiger partial charge in [0.15, 0.2) is 0 Å². The quantitative estimate of drug-likeness (QED) is 0.761. The number of hydrogen-bond donors (Lipinski definition) is 1. The summed E-state index contributed by atoms with van der Waals surface area (Å²) in [5.74, 6) is 0.962. The minimum absolute atomic E-state index is 0.211. The van der Waals surface area contributed by atoms with Crippen LogP contribution in [0.2, 0.25) is 0 Å². The number of nitrogens with zero attached hydrogens (tertiary/aromatic N) is 1. The maximum absolute atomic E-state index is 5.76. The van der Waals surface area contributed by atoms with Crippen molar-refractivity contribution in [3.05, 3.63) is 24.3 Å². The van der Waals surface area contributed by atoms with Crippen molar-refractivity contribution in [3.8, 4) is 5.75 Å². The Bertz CT molecular complexity index is 338. The van der Waals surface area contributed by atoms with E-state index in [-0.39, 0.29) is 6.10 Å². The van der Waals surface area contributed by atoms with Crippen molar-refractivity contribution in [2.24, 2.45) is 5.73 Å². The SMILES string of the molecule is CC(C)Oc1ccccc1N1CC1CN. The molecule has 1 aromatic rings. The second-order valence-corrected chi connectivity index (χ2v) is 4.18. The molecule has 2 N–H and O–H groups in total. The summed E-state index contributed by atoms with van der Waals surface area (Å²) in [5.41, 5.74) is 6.80. The van der Waals surface area contributed by atoms with Gasteiger partial charge in [-0.1, -0.05) is 12.1 Å². The zero-order valence-electron chi connectivity index (χ0n) is 9.31. The number of rotatable bonds is 4. The Kier molecular flexibility index (Phi) is 2.82. The lowest BCUT2D eigenvalue weighted by Crippen LogP contribution is -2.13. The van der Waals surface area contributed by atoms with Gasteiger partial charge in [-0.2, -0.15) is 0 Å². The van der Waals surface area contributed by atoms with Crippen LogP contribution in [0.5, 0.6) is 5.75 Å². The van der Waals surface area contributed by atoms with Crippen LogP contribution in [-0.2, 0) is 0 Å². The lowest BCUT2D eigenvalue weighted by Gasteiger charge is -2.15. The summed E-state index contributed by atoms with van der Waals surface area (Å²) < 4.78 is 5.76. The van der Waals surface area contributed by atoms with E-state index in [1.165, 1.54) is 5.69 Å². The van der Waals surface area contributed by atoms with Gasteiger partial charge in [0.05, 0.1) is 17.8 Å². The molecule has 1 aromatic carbocycles. The van der Waals surface area contributed by atoms with Crippen molar-refractivity contribution in [3.63, 3.8) is 0 Å². The fourth-order valence-corrected chi connectivity index (χ4v) is 1.72. The minimum atomic E-state index is 0.211. The summed E-state index contributed by atoms with van der Waals surface area (Å²) in [6, 6.07) is 8.65. The molecule has 1 fully saturated rings. The first-order valence-corrected chi connectivity index (χ1v) is 5.44. The maximum atomic E-state index is 5.76. The van der Waals surface area contributed by atoms with Gasteiger partial charge in [-0.3, -0.25) is 0 Å². The first-order valence-electron chi connectivity index (χ1n) is 5.44. The monoisotopic (exact) mass is 206 g/mol. The topological polar surface area (TPSA) is 38.3 Å². The lowest BCUT2D eigenvalue weighted by molar-refractivity contribution is 0.243. The van der Waals surface area contributed by atoms with Gasteiger partial charge >= 0.3 is 0 Å². The predicted molar refractivity (Wildman–Crippen MR) is 62.4 cm³/mol. The van der Waals surface area contributed by atoms with Crippen molar-refractivity contribution in [1.29, 1.82) is 0 Å².